The molecule has 0 radical (unpaired) electrons. The van der Waals surface area contributed by atoms with Gasteiger partial charge in [-0.2, -0.15) is 0 Å². The molecular weight excluding hydrogens is 504 g/mol. The number of carbonyl (C=O) groups excluding carboxylic acids is 2. The van der Waals surface area contributed by atoms with Crippen molar-refractivity contribution < 1.29 is 38.0 Å². The van der Waals surface area contributed by atoms with Crippen molar-refractivity contribution in [1.82, 2.24) is 10.6 Å². The second kappa shape index (κ2) is 16.3. The fourth-order valence-electron chi connectivity index (χ4n) is 4.00. The van der Waals surface area contributed by atoms with Crippen LogP contribution in [0.5, 0.6) is 23.0 Å². The van der Waals surface area contributed by atoms with E-state index in [9.17, 15) is 9.59 Å². The monoisotopic (exact) mass is 544 g/mol. The molecule has 0 spiro atoms. The summed E-state index contributed by atoms with van der Waals surface area (Å²) in [5, 5.41) is 5.87. The number of amides is 2. The smallest absolute Gasteiger partial charge is 0.252 e. The van der Waals surface area contributed by atoms with Crippen LogP contribution < -0.4 is 29.6 Å². The van der Waals surface area contributed by atoms with Crippen LogP contribution in [0.1, 0.15) is 53.0 Å². The first-order valence-corrected chi connectivity index (χ1v) is 12.8. The maximum atomic E-state index is 13.8. The summed E-state index contributed by atoms with van der Waals surface area (Å²) >= 11 is 0. The third-order valence-electron chi connectivity index (χ3n) is 5.69. The second-order valence-corrected chi connectivity index (χ2v) is 8.44. The first-order valence-electron chi connectivity index (χ1n) is 12.8. The molecule has 0 saturated heterocycles. The molecule has 214 valence electrons. The number of nitrogens with one attached hydrogen (secondary N) is 2. The van der Waals surface area contributed by atoms with Gasteiger partial charge in [0.2, 0.25) is 0 Å². The normalized spacial score (nSPS) is 10.5. The highest BCUT2D eigenvalue weighted by molar-refractivity contribution is 6.10. The Labute approximate surface area is 230 Å². The predicted molar refractivity (Wildman–Crippen MR) is 149 cm³/mol. The molecule has 0 aliphatic heterocycles. The summed E-state index contributed by atoms with van der Waals surface area (Å²) < 4.78 is 33.7. The van der Waals surface area contributed by atoms with Crippen molar-refractivity contribution in [2.24, 2.45) is 0 Å². The fraction of sp³-hybridized carbons (Fsp3) is 0.448. The topological polar surface area (TPSA) is 114 Å². The standard InChI is InChI=1S/C29H40N2O8/c1-8-11-19-16-22(37-7)27(39-18-35-5)25(23(19)29(33)31-15-10-3)24-20(28(32)30-14-9-2)12-13-21(36-6)26(24)38-17-34-4/h8,12-13,16H,1,9-11,14-15,17-18H2,2-7H3,(H,30,32)(H,31,33). The van der Waals surface area contributed by atoms with Crippen LogP contribution in [0.25, 0.3) is 11.1 Å². The summed E-state index contributed by atoms with van der Waals surface area (Å²) in [7, 11) is 5.95. The van der Waals surface area contributed by atoms with E-state index in [-0.39, 0.29) is 53.6 Å². The molecule has 2 aromatic rings. The first kappa shape index (κ1) is 31.5. The van der Waals surface area contributed by atoms with Gasteiger partial charge in [-0.1, -0.05) is 19.9 Å². The van der Waals surface area contributed by atoms with E-state index < -0.39 is 0 Å². The zero-order valence-corrected chi connectivity index (χ0v) is 23.7. The Morgan fingerprint density at radius 1 is 0.821 bits per heavy atom. The van der Waals surface area contributed by atoms with Crippen molar-refractivity contribution in [3.63, 3.8) is 0 Å². The van der Waals surface area contributed by atoms with E-state index in [2.05, 4.69) is 17.2 Å². The Morgan fingerprint density at radius 3 is 1.90 bits per heavy atom. The van der Waals surface area contributed by atoms with Crippen molar-refractivity contribution in [1.29, 1.82) is 0 Å². The average Bonchev–Trinajstić information content (AvgIpc) is 2.95. The summed E-state index contributed by atoms with van der Waals surface area (Å²) in [4.78, 5) is 27.3. The summed E-state index contributed by atoms with van der Waals surface area (Å²) in [5.41, 5.74) is 1.74. The van der Waals surface area contributed by atoms with Gasteiger partial charge in [-0.15, -0.1) is 6.58 Å². The van der Waals surface area contributed by atoms with Gasteiger partial charge < -0.3 is 39.1 Å². The molecule has 0 heterocycles. The highest BCUT2D eigenvalue weighted by Crippen LogP contribution is 2.50. The van der Waals surface area contributed by atoms with E-state index >= 15 is 0 Å². The minimum absolute atomic E-state index is 0.140. The van der Waals surface area contributed by atoms with Gasteiger partial charge in [-0.3, -0.25) is 9.59 Å². The molecule has 0 bridgehead atoms. The van der Waals surface area contributed by atoms with E-state index in [4.69, 9.17) is 28.4 Å². The van der Waals surface area contributed by atoms with Crippen molar-refractivity contribution in [3.05, 3.63) is 47.5 Å². The summed E-state index contributed by atoms with van der Waals surface area (Å²) in [6, 6.07) is 4.98. The highest BCUT2D eigenvalue weighted by Gasteiger charge is 2.32. The predicted octanol–water partition coefficient (Wildman–Crippen LogP) is 4.34. The van der Waals surface area contributed by atoms with Gasteiger partial charge in [0.1, 0.15) is 0 Å². The zero-order chi connectivity index (χ0) is 28.8. The number of allylic oxidation sites excluding steroid dienone is 1. The zero-order valence-electron chi connectivity index (χ0n) is 23.7. The molecule has 0 unspecified atom stereocenters. The largest absolute Gasteiger partial charge is 0.493 e. The van der Waals surface area contributed by atoms with E-state index in [1.807, 2.05) is 13.8 Å². The van der Waals surface area contributed by atoms with Crippen LogP contribution in [0, 0.1) is 0 Å². The molecule has 2 N–H and O–H groups in total. The van der Waals surface area contributed by atoms with Gasteiger partial charge in [0.05, 0.1) is 25.3 Å². The number of benzene rings is 2. The van der Waals surface area contributed by atoms with Crippen LogP contribution in [0.2, 0.25) is 0 Å². The van der Waals surface area contributed by atoms with Gasteiger partial charge in [0.15, 0.2) is 36.6 Å². The van der Waals surface area contributed by atoms with Gasteiger partial charge in [0, 0.05) is 38.4 Å². The number of methoxy groups -OCH3 is 4. The molecule has 2 amide bonds. The van der Waals surface area contributed by atoms with Crippen molar-refractivity contribution >= 4 is 11.8 Å². The highest BCUT2D eigenvalue weighted by atomic mass is 16.7. The van der Waals surface area contributed by atoms with Crippen LogP contribution in [-0.4, -0.2) is 66.9 Å². The fourth-order valence-corrected chi connectivity index (χ4v) is 4.00. The molecule has 0 fully saturated rings. The molecule has 0 aliphatic rings. The third-order valence-corrected chi connectivity index (χ3v) is 5.69. The first-order chi connectivity index (χ1) is 18.9. The Balaban J connectivity index is 3.17. The number of rotatable bonds is 17. The Morgan fingerprint density at radius 2 is 1.38 bits per heavy atom. The van der Waals surface area contributed by atoms with Gasteiger partial charge in [-0.05, 0) is 43.0 Å². The van der Waals surface area contributed by atoms with Crippen molar-refractivity contribution in [2.75, 3.05) is 55.1 Å². The Hall–Kier alpha value is -3.76. The molecule has 10 nitrogen and oxygen atoms in total. The van der Waals surface area contributed by atoms with Crippen LogP contribution in [0.4, 0.5) is 0 Å². The van der Waals surface area contributed by atoms with Gasteiger partial charge >= 0.3 is 0 Å². The minimum Gasteiger partial charge on any atom is -0.493 e. The number of hydrogen-bond acceptors (Lipinski definition) is 8. The second-order valence-electron chi connectivity index (χ2n) is 8.44. The molecule has 2 aromatic carbocycles. The lowest BCUT2D eigenvalue weighted by Gasteiger charge is -2.25. The molecular formula is C29H40N2O8. The number of ether oxygens (including phenoxy) is 6. The molecule has 0 aromatic heterocycles. The lowest BCUT2D eigenvalue weighted by atomic mass is 9.88. The number of hydrogen-bond donors (Lipinski definition) is 2. The van der Waals surface area contributed by atoms with Crippen LogP contribution >= 0.6 is 0 Å². The average molecular weight is 545 g/mol. The summed E-state index contributed by atoms with van der Waals surface area (Å²) in [6.07, 6.45) is 3.50. The Kier molecular flexibility index (Phi) is 13.1. The van der Waals surface area contributed by atoms with Crippen LogP contribution in [-0.2, 0) is 15.9 Å². The molecule has 0 atom stereocenters. The Bertz CT molecular complexity index is 1130. The molecule has 0 saturated carbocycles. The van der Waals surface area contributed by atoms with E-state index in [0.717, 1.165) is 12.8 Å². The maximum Gasteiger partial charge on any atom is 0.252 e. The summed E-state index contributed by atoms with van der Waals surface area (Å²) in [6.45, 7) is 8.40. The van der Waals surface area contributed by atoms with Gasteiger partial charge in [0.25, 0.3) is 11.8 Å². The molecule has 39 heavy (non-hydrogen) atoms. The van der Waals surface area contributed by atoms with E-state index in [1.54, 1.807) is 24.3 Å². The summed E-state index contributed by atoms with van der Waals surface area (Å²) in [5.74, 6) is 0.365. The molecule has 10 heteroatoms. The molecule has 0 aliphatic carbocycles. The lowest BCUT2D eigenvalue weighted by molar-refractivity contribution is 0.0479. The molecule has 2 rings (SSSR count). The third kappa shape index (κ3) is 7.64. The van der Waals surface area contributed by atoms with E-state index in [1.165, 1.54) is 28.4 Å². The minimum atomic E-state index is -0.359. The van der Waals surface area contributed by atoms with Crippen LogP contribution in [0.15, 0.2) is 30.9 Å². The quantitative estimate of drug-likeness (QED) is 0.223. The van der Waals surface area contributed by atoms with Gasteiger partial charge in [-0.25, -0.2) is 0 Å². The van der Waals surface area contributed by atoms with Crippen molar-refractivity contribution in [3.8, 4) is 34.1 Å². The lowest BCUT2D eigenvalue weighted by Crippen LogP contribution is -2.28. The van der Waals surface area contributed by atoms with Crippen LogP contribution in [0.3, 0.4) is 0 Å². The number of carbonyl (C=O) groups is 2. The van der Waals surface area contributed by atoms with Crippen molar-refractivity contribution in [2.45, 2.75) is 33.1 Å². The maximum absolute atomic E-state index is 13.8. The SMILES string of the molecule is C=CCc1cc(OC)c(OCOC)c(-c2c(C(=O)NCCC)ccc(OC)c2OCOC)c1C(=O)NCCC. The van der Waals surface area contributed by atoms with E-state index in [0.29, 0.717) is 42.1 Å².